The van der Waals surface area contributed by atoms with Crippen LogP contribution in [0, 0.1) is 13.8 Å². The summed E-state index contributed by atoms with van der Waals surface area (Å²) < 4.78 is 10.9. The number of ether oxygens (including phenoxy) is 2. The van der Waals surface area contributed by atoms with E-state index < -0.39 is 5.97 Å². The summed E-state index contributed by atoms with van der Waals surface area (Å²) in [5.41, 5.74) is 4.23. The molecule has 0 unspecified atom stereocenters. The van der Waals surface area contributed by atoms with Crippen LogP contribution >= 0.6 is 0 Å². The maximum atomic E-state index is 12.0. The topological polar surface area (TPSA) is 48.4 Å². The van der Waals surface area contributed by atoms with Crippen molar-refractivity contribution in [2.75, 3.05) is 6.61 Å². The molecular formula is C23H21NO3. The average Bonchev–Trinajstić information content (AvgIpc) is 2.69. The van der Waals surface area contributed by atoms with Gasteiger partial charge < -0.3 is 9.47 Å². The van der Waals surface area contributed by atoms with Crippen molar-refractivity contribution in [3.05, 3.63) is 89.2 Å². The van der Waals surface area contributed by atoms with Crippen LogP contribution in [0.2, 0.25) is 0 Å². The van der Waals surface area contributed by atoms with Gasteiger partial charge in [-0.25, -0.2) is 4.79 Å². The fraction of sp³-hybridized carbons (Fsp3) is 0.130. The number of aromatic nitrogens is 1. The number of pyridine rings is 1. The van der Waals surface area contributed by atoms with Gasteiger partial charge in [0.2, 0.25) is 0 Å². The Morgan fingerprint density at radius 3 is 2.30 bits per heavy atom. The van der Waals surface area contributed by atoms with Crippen molar-refractivity contribution in [2.24, 2.45) is 0 Å². The van der Waals surface area contributed by atoms with Gasteiger partial charge in [0.15, 0.2) is 6.61 Å². The predicted octanol–water partition coefficient (Wildman–Crippen LogP) is 4.85. The summed E-state index contributed by atoms with van der Waals surface area (Å²) in [6.07, 6.45) is 7.50. The lowest BCUT2D eigenvalue weighted by molar-refractivity contribution is -0.136. The van der Waals surface area contributed by atoms with Gasteiger partial charge in [-0.15, -0.1) is 0 Å². The normalized spacial score (nSPS) is 10.7. The first-order valence-corrected chi connectivity index (χ1v) is 8.70. The van der Waals surface area contributed by atoms with E-state index in [0.717, 1.165) is 22.3 Å². The Morgan fingerprint density at radius 2 is 1.59 bits per heavy atom. The number of hydrogen-bond acceptors (Lipinski definition) is 4. The molecule has 0 aliphatic rings. The average molecular weight is 359 g/mol. The van der Waals surface area contributed by atoms with Crippen molar-refractivity contribution in [3.63, 3.8) is 0 Å². The van der Waals surface area contributed by atoms with Crippen LogP contribution in [0.5, 0.6) is 11.5 Å². The van der Waals surface area contributed by atoms with E-state index in [0.29, 0.717) is 11.5 Å². The standard InChI is InChI=1S/C23H21NO3/c1-17-4-3-5-22(18(17)2)26-16-23(25)27-21-10-8-19(9-11-21)6-7-20-12-14-24-15-13-20/h3-15H,16H2,1-2H3/b7-6+. The molecule has 4 heteroatoms. The first kappa shape index (κ1) is 18.4. The van der Waals surface area contributed by atoms with E-state index in [1.54, 1.807) is 24.5 Å². The second-order valence-electron chi connectivity index (χ2n) is 6.14. The second kappa shape index (κ2) is 8.81. The number of carbonyl (C=O) groups is 1. The molecule has 0 radical (unpaired) electrons. The highest BCUT2D eigenvalue weighted by molar-refractivity contribution is 5.74. The first-order chi connectivity index (χ1) is 13.1. The van der Waals surface area contributed by atoms with Crippen LogP contribution in [-0.2, 0) is 4.79 Å². The van der Waals surface area contributed by atoms with Crippen LogP contribution in [0.15, 0.2) is 67.0 Å². The van der Waals surface area contributed by atoms with Gasteiger partial charge >= 0.3 is 5.97 Å². The maximum Gasteiger partial charge on any atom is 0.349 e. The molecular weight excluding hydrogens is 338 g/mol. The largest absolute Gasteiger partial charge is 0.482 e. The molecule has 0 amide bonds. The molecule has 0 saturated heterocycles. The van der Waals surface area contributed by atoms with Crippen molar-refractivity contribution in [1.82, 2.24) is 4.98 Å². The SMILES string of the molecule is Cc1cccc(OCC(=O)Oc2ccc(/C=C/c3ccncc3)cc2)c1C. The first-order valence-electron chi connectivity index (χ1n) is 8.70. The zero-order chi connectivity index (χ0) is 19.1. The minimum absolute atomic E-state index is 0.131. The number of hydrogen-bond donors (Lipinski definition) is 0. The van der Waals surface area contributed by atoms with Crippen molar-refractivity contribution in [3.8, 4) is 11.5 Å². The van der Waals surface area contributed by atoms with Gasteiger partial charge in [0.1, 0.15) is 11.5 Å². The van der Waals surface area contributed by atoms with Gasteiger partial charge in [0.25, 0.3) is 0 Å². The fourth-order valence-electron chi connectivity index (χ4n) is 2.49. The molecule has 1 aromatic heterocycles. The third-order valence-corrected chi connectivity index (χ3v) is 4.19. The third-order valence-electron chi connectivity index (χ3n) is 4.19. The van der Waals surface area contributed by atoms with Crippen LogP contribution in [0.3, 0.4) is 0 Å². The summed E-state index contributed by atoms with van der Waals surface area (Å²) in [5, 5.41) is 0. The minimum Gasteiger partial charge on any atom is -0.482 e. The Morgan fingerprint density at radius 1 is 0.926 bits per heavy atom. The molecule has 0 atom stereocenters. The van der Waals surface area contributed by atoms with Gasteiger partial charge in [-0.2, -0.15) is 0 Å². The summed E-state index contributed by atoms with van der Waals surface area (Å²) in [6, 6.07) is 16.9. The molecule has 4 nitrogen and oxygen atoms in total. The summed E-state index contributed by atoms with van der Waals surface area (Å²) in [6.45, 7) is 3.84. The quantitative estimate of drug-likeness (QED) is 0.466. The molecule has 0 saturated carbocycles. The van der Waals surface area contributed by atoms with E-state index in [-0.39, 0.29) is 6.61 Å². The molecule has 0 bridgehead atoms. The van der Waals surface area contributed by atoms with E-state index >= 15 is 0 Å². The third kappa shape index (κ3) is 5.28. The van der Waals surface area contributed by atoms with Crippen molar-refractivity contribution >= 4 is 18.1 Å². The Bertz CT molecular complexity index is 932. The highest BCUT2D eigenvalue weighted by atomic mass is 16.6. The van der Waals surface area contributed by atoms with Crippen LogP contribution in [0.1, 0.15) is 22.3 Å². The van der Waals surface area contributed by atoms with Crippen LogP contribution < -0.4 is 9.47 Å². The number of aryl methyl sites for hydroxylation is 1. The van der Waals surface area contributed by atoms with Crippen LogP contribution in [0.4, 0.5) is 0 Å². The molecule has 0 aliphatic carbocycles. The molecule has 3 rings (SSSR count). The summed E-state index contributed by atoms with van der Waals surface area (Å²) >= 11 is 0. The van der Waals surface area contributed by atoms with Crippen molar-refractivity contribution in [1.29, 1.82) is 0 Å². The Kier molecular flexibility index (Phi) is 6.00. The molecule has 2 aromatic carbocycles. The minimum atomic E-state index is -0.434. The number of rotatable bonds is 6. The van der Waals surface area contributed by atoms with Crippen molar-refractivity contribution in [2.45, 2.75) is 13.8 Å². The van der Waals surface area contributed by atoms with E-state index in [9.17, 15) is 4.79 Å². The van der Waals surface area contributed by atoms with Crippen LogP contribution in [-0.4, -0.2) is 17.6 Å². The zero-order valence-electron chi connectivity index (χ0n) is 15.4. The lowest BCUT2D eigenvalue weighted by Gasteiger charge is -2.10. The van der Waals surface area contributed by atoms with E-state index in [2.05, 4.69) is 4.98 Å². The second-order valence-corrected chi connectivity index (χ2v) is 6.14. The Labute approximate surface area is 159 Å². The predicted molar refractivity (Wildman–Crippen MR) is 107 cm³/mol. The molecule has 27 heavy (non-hydrogen) atoms. The summed E-state index contributed by atoms with van der Waals surface area (Å²) in [7, 11) is 0. The highest BCUT2D eigenvalue weighted by Gasteiger charge is 2.08. The molecule has 136 valence electrons. The highest BCUT2D eigenvalue weighted by Crippen LogP contribution is 2.21. The maximum absolute atomic E-state index is 12.0. The van der Waals surface area contributed by atoms with Gasteiger partial charge in [0, 0.05) is 12.4 Å². The molecule has 0 N–H and O–H groups in total. The van der Waals surface area contributed by atoms with Gasteiger partial charge in [0.05, 0.1) is 0 Å². The number of esters is 1. The number of carbonyl (C=O) groups excluding carboxylic acids is 1. The molecule has 0 fully saturated rings. The fourth-order valence-corrected chi connectivity index (χ4v) is 2.49. The smallest absolute Gasteiger partial charge is 0.349 e. The van der Waals surface area contributed by atoms with Gasteiger partial charge in [-0.05, 0) is 66.4 Å². The van der Waals surface area contributed by atoms with E-state index in [1.807, 2.05) is 68.5 Å². The van der Waals surface area contributed by atoms with Gasteiger partial charge in [-0.1, -0.05) is 36.4 Å². The molecule has 3 aromatic rings. The van der Waals surface area contributed by atoms with Crippen LogP contribution in [0.25, 0.3) is 12.2 Å². The molecule has 0 spiro atoms. The lowest BCUT2D eigenvalue weighted by Crippen LogP contribution is -2.18. The molecule has 0 aliphatic heterocycles. The van der Waals surface area contributed by atoms with Gasteiger partial charge in [-0.3, -0.25) is 4.98 Å². The number of nitrogens with zero attached hydrogens (tertiary/aromatic N) is 1. The number of benzene rings is 2. The summed E-state index contributed by atoms with van der Waals surface area (Å²) in [5.74, 6) is 0.755. The Balaban J connectivity index is 1.54. The van der Waals surface area contributed by atoms with E-state index in [1.165, 1.54) is 0 Å². The Hall–Kier alpha value is -3.40. The van der Waals surface area contributed by atoms with E-state index in [4.69, 9.17) is 9.47 Å². The monoisotopic (exact) mass is 359 g/mol. The zero-order valence-corrected chi connectivity index (χ0v) is 15.4. The van der Waals surface area contributed by atoms with Crippen molar-refractivity contribution < 1.29 is 14.3 Å². The molecule has 1 heterocycles. The lowest BCUT2D eigenvalue weighted by atomic mass is 10.1. The summed E-state index contributed by atoms with van der Waals surface area (Å²) in [4.78, 5) is 16.0.